The fourth-order valence-corrected chi connectivity index (χ4v) is 5.64. The van der Waals surface area contributed by atoms with Crippen LogP contribution in [0.25, 0.3) is 0 Å². The van der Waals surface area contributed by atoms with Gasteiger partial charge in [0.05, 0.1) is 12.0 Å². The van der Waals surface area contributed by atoms with Crippen molar-refractivity contribution < 1.29 is 24.3 Å². The van der Waals surface area contributed by atoms with E-state index in [0.29, 0.717) is 36.4 Å². The number of aryl methyl sites for hydroxylation is 1. The molecule has 4 aromatic carbocycles. The van der Waals surface area contributed by atoms with E-state index < -0.39 is 17.6 Å². The molecule has 1 aliphatic heterocycles. The summed E-state index contributed by atoms with van der Waals surface area (Å²) in [5.74, 6) is -1.47. The Morgan fingerprint density at radius 1 is 0.896 bits per heavy atom. The Hall–Kier alpha value is -5.48. The number of benzene rings is 4. The Bertz CT molecular complexity index is 1790. The summed E-state index contributed by atoms with van der Waals surface area (Å²) in [5.41, 5.74) is 5.30. The number of carbonyl (C=O) groups excluding carboxylic acids is 3. The van der Waals surface area contributed by atoms with E-state index in [9.17, 15) is 24.3 Å². The molecule has 1 unspecified atom stereocenters. The maximum atomic E-state index is 13.8. The van der Waals surface area contributed by atoms with Crippen molar-refractivity contribution in [3.63, 3.8) is 0 Å². The van der Waals surface area contributed by atoms with Gasteiger partial charge in [0.2, 0.25) is 5.91 Å². The highest BCUT2D eigenvalue weighted by Gasteiger charge is 2.33. The SMILES string of the molecule is Cc1ccccc1NC(=O)Nc1ccc(CNC(C)(C)C(=O)c2ccc3c(c2)CN(CCc2ccccc2)C(=O)C(CC(=O)O)N3)cc1. The summed E-state index contributed by atoms with van der Waals surface area (Å²) in [6, 6.07) is 28.8. The Morgan fingerprint density at radius 2 is 1.60 bits per heavy atom. The number of anilines is 3. The maximum absolute atomic E-state index is 13.8. The fraction of sp³-hybridized carbons (Fsp3) is 0.263. The molecule has 0 spiro atoms. The predicted molar refractivity (Wildman–Crippen MR) is 187 cm³/mol. The molecule has 0 aliphatic carbocycles. The van der Waals surface area contributed by atoms with Crippen molar-refractivity contribution in [3.8, 4) is 0 Å². The summed E-state index contributed by atoms with van der Waals surface area (Å²) in [7, 11) is 0. The molecule has 48 heavy (non-hydrogen) atoms. The van der Waals surface area contributed by atoms with Crippen molar-refractivity contribution in [2.45, 2.75) is 58.3 Å². The number of fused-ring (bicyclic) bond motifs is 1. The maximum Gasteiger partial charge on any atom is 0.323 e. The van der Waals surface area contributed by atoms with E-state index in [2.05, 4.69) is 21.3 Å². The molecular weight excluding hydrogens is 606 g/mol. The minimum Gasteiger partial charge on any atom is -0.481 e. The number of amides is 3. The summed E-state index contributed by atoms with van der Waals surface area (Å²) in [5, 5.41) is 21.6. The lowest BCUT2D eigenvalue weighted by molar-refractivity contribution is -0.141. The Labute approximate surface area is 280 Å². The predicted octanol–water partition coefficient (Wildman–Crippen LogP) is 6.23. The number of ketones is 1. The van der Waals surface area contributed by atoms with Crippen LogP contribution in [0.1, 0.15) is 52.9 Å². The number of Topliss-reactive ketones (excluding diaryl/α,β-unsaturated/α-hetero) is 1. The third-order valence-corrected chi connectivity index (χ3v) is 8.47. The van der Waals surface area contributed by atoms with Crippen molar-refractivity contribution in [2.75, 3.05) is 22.5 Å². The number of para-hydroxylation sites is 1. The summed E-state index contributed by atoms with van der Waals surface area (Å²) in [4.78, 5) is 52.9. The van der Waals surface area contributed by atoms with Gasteiger partial charge in [-0.2, -0.15) is 0 Å². The molecule has 0 bridgehead atoms. The summed E-state index contributed by atoms with van der Waals surface area (Å²) < 4.78 is 0. The highest BCUT2D eigenvalue weighted by molar-refractivity contribution is 6.03. The van der Waals surface area contributed by atoms with Crippen molar-refractivity contribution in [3.05, 3.63) is 125 Å². The van der Waals surface area contributed by atoms with Crippen molar-refractivity contribution in [1.82, 2.24) is 10.2 Å². The molecule has 0 saturated heterocycles. The van der Waals surface area contributed by atoms with Gasteiger partial charge in [-0.3, -0.25) is 14.4 Å². The van der Waals surface area contributed by atoms with Crippen LogP contribution in [0.4, 0.5) is 21.9 Å². The largest absolute Gasteiger partial charge is 0.481 e. The van der Waals surface area contributed by atoms with E-state index in [4.69, 9.17) is 0 Å². The molecule has 1 aliphatic rings. The van der Waals surface area contributed by atoms with Gasteiger partial charge in [-0.25, -0.2) is 4.79 Å². The number of carboxylic acid groups (broad SMARTS) is 1. The fourth-order valence-electron chi connectivity index (χ4n) is 5.64. The first-order valence-electron chi connectivity index (χ1n) is 15.9. The number of nitrogens with one attached hydrogen (secondary N) is 4. The minimum atomic E-state index is -1.07. The van der Waals surface area contributed by atoms with Crippen molar-refractivity contribution >= 4 is 40.8 Å². The van der Waals surface area contributed by atoms with Crippen LogP contribution in [0.3, 0.4) is 0 Å². The summed E-state index contributed by atoms with van der Waals surface area (Å²) in [6.07, 6.45) is 0.268. The van der Waals surface area contributed by atoms with Gasteiger partial charge in [0.1, 0.15) is 6.04 Å². The Kier molecular flexibility index (Phi) is 10.6. The molecule has 5 N–H and O–H groups in total. The van der Waals surface area contributed by atoms with Gasteiger partial charge >= 0.3 is 12.0 Å². The molecule has 0 aromatic heterocycles. The average Bonchev–Trinajstić information content (AvgIpc) is 3.19. The number of hydrogen-bond donors (Lipinski definition) is 5. The average molecular weight is 648 g/mol. The minimum absolute atomic E-state index is 0.120. The Balaban J connectivity index is 1.23. The molecule has 0 radical (unpaired) electrons. The zero-order chi connectivity index (χ0) is 34.3. The Morgan fingerprint density at radius 3 is 2.31 bits per heavy atom. The first kappa shape index (κ1) is 33.9. The third kappa shape index (κ3) is 8.65. The second-order valence-electron chi connectivity index (χ2n) is 12.6. The van der Waals surface area contributed by atoms with Gasteiger partial charge in [-0.05, 0) is 85.8 Å². The number of carbonyl (C=O) groups is 4. The lowest BCUT2D eigenvalue weighted by atomic mass is 9.91. The zero-order valence-electron chi connectivity index (χ0n) is 27.4. The van der Waals surface area contributed by atoms with Crippen LogP contribution in [-0.2, 0) is 29.1 Å². The summed E-state index contributed by atoms with van der Waals surface area (Å²) >= 11 is 0. The van der Waals surface area contributed by atoms with E-state index in [0.717, 1.165) is 27.9 Å². The van der Waals surface area contributed by atoms with Gasteiger partial charge in [-0.1, -0.05) is 60.7 Å². The number of nitrogens with zero attached hydrogens (tertiary/aromatic N) is 1. The normalized spacial score (nSPS) is 14.4. The van der Waals surface area contributed by atoms with Gasteiger partial charge in [0.15, 0.2) is 5.78 Å². The first-order valence-corrected chi connectivity index (χ1v) is 15.9. The number of hydrogen-bond acceptors (Lipinski definition) is 6. The highest BCUT2D eigenvalue weighted by atomic mass is 16.4. The van der Waals surface area contributed by atoms with Crippen LogP contribution in [0.2, 0.25) is 0 Å². The topological polar surface area (TPSA) is 140 Å². The smallest absolute Gasteiger partial charge is 0.323 e. The van der Waals surface area contributed by atoms with Crippen molar-refractivity contribution in [2.24, 2.45) is 0 Å². The highest BCUT2D eigenvalue weighted by Crippen LogP contribution is 2.27. The molecular formula is C38H41N5O5. The quantitative estimate of drug-likeness (QED) is 0.115. The molecule has 10 nitrogen and oxygen atoms in total. The molecule has 10 heteroatoms. The van der Waals surface area contributed by atoms with E-state index in [-0.39, 0.29) is 30.7 Å². The molecule has 4 aromatic rings. The van der Waals surface area contributed by atoms with E-state index in [1.807, 2.05) is 99.6 Å². The number of carboxylic acids is 1. The number of aliphatic carboxylic acids is 1. The van der Waals surface area contributed by atoms with Crippen LogP contribution in [0, 0.1) is 6.92 Å². The van der Waals surface area contributed by atoms with E-state index in [1.165, 1.54) is 0 Å². The lowest BCUT2D eigenvalue weighted by Gasteiger charge is -2.26. The zero-order valence-corrected chi connectivity index (χ0v) is 27.4. The van der Waals surface area contributed by atoms with E-state index >= 15 is 0 Å². The number of urea groups is 1. The molecule has 248 valence electrons. The monoisotopic (exact) mass is 647 g/mol. The van der Waals surface area contributed by atoms with Crippen molar-refractivity contribution in [1.29, 1.82) is 0 Å². The molecule has 3 amide bonds. The van der Waals surface area contributed by atoms with Crippen LogP contribution in [-0.4, -0.2) is 51.8 Å². The lowest BCUT2D eigenvalue weighted by Crippen LogP contribution is -2.46. The van der Waals surface area contributed by atoms with Crippen LogP contribution < -0.4 is 21.3 Å². The van der Waals surface area contributed by atoms with Crippen LogP contribution in [0.5, 0.6) is 0 Å². The van der Waals surface area contributed by atoms with Gasteiger partial charge in [-0.15, -0.1) is 0 Å². The molecule has 0 fully saturated rings. The second-order valence-corrected chi connectivity index (χ2v) is 12.6. The van der Waals surface area contributed by atoms with Gasteiger partial charge in [0, 0.05) is 42.3 Å². The van der Waals surface area contributed by atoms with Crippen LogP contribution >= 0.6 is 0 Å². The molecule has 1 heterocycles. The van der Waals surface area contributed by atoms with Gasteiger partial charge < -0.3 is 31.3 Å². The standard InChI is InChI=1S/C38H41N5O5/c1-25-9-7-8-12-31(25)42-37(48)40-30-16-13-27(14-17-30)23-39-38(2,3)35(46)28-15-18-32-29(21-28)24-43(20-19-26-10-5-4-6-11-26)36(47)33(41-32)22-34(44)45/h4-18,21,33,39,41H,19-20,22-24H2,1-3H3,(H,44,45)(H2,40,42,48). The van der Waals surface area contributed by atoms with E-state index in [1.54, 1.807) is 23.1 Å². The molecule has 0 saturated carbocycles. The first-order chi connectivity index (χ1) is 23.0. The molecule has 5 rings (SSSR count). The molecule has 1 atom stereocenters. The summed E-state index contributed by atoms with van der Waals surface area (Å²) in [6.45, 7) is 6.66. The van der Waals surface area contributed by atoms with Gasteiger partial charge in [0.25, 0.3) is 0 Å². The second kappa shape index (κ2) is 15.0. The van der Waals surface area contributed by atoms with Crippen LogP contribution in [0.15, 0.2) is 97.1 Å². The number of rotatable bonds is 12. The third-order valence-electron chi connectivity index (χ3n) is 8.47.